The molecule has 0 spiro atoms. The fraction of sp³-hybridized carbons (Fsp3) is 0.357. The van der Waals surface area contributed by atoms with Gasteiger partial charge < -0.3 is 4.74 Å². The highest BCUT2D eigenvalue weighted by Crippen LogP contribution is 2.24. The first-order valence-electron chi connectivity index (χ1n) is 6.01. The number of pyridine rings is 1. The molecular formula is C14H16ClNO2. The van der Waals surface area contributed by atoms with E-state index in [-0.39, 0.29) is 5.56 Å². The van der Waals surface area contributed by atoms with Crippen molar-refractivity contribution in [3.8, 4) is 5.88 Å². The minimum atomic E-state index is -0.108. The number of fused-ring (bicyclic) bond motifs is 1. The van der Waals surface area contributed by atoms with Gasteiger partial charge in [-0.05, 0) is 30.7 Å². The van der Waals surface area contributed by atoms with Crippen LogP contribution in [0.25, 0.3) is 10.8 Å². The number of aromatic amines is 1. The van der Waals surface area contributed by atoms with Crippen LogP contribution in [0.2, 0.25) is 0 Å². The summed E-state index contributed by atoms with van der Waals surface area (Å²) in [5, 5.41) is 1.67. The second-order valence-corrected chi connectivity index (χ2v) is 4.54. The van der Waals surface area contributed by atoms with Gasteiger partial charge in [-0.15, -0.1) is 11.6 Å². The van der Waals surface area contributed by atoms with Crippen molar-refractivity contribution < 1.29 is 4.74 Å². The second kappa shape index (κ2) is 5.91. The van der Waals surface area contributed by atoms with Crippen LogP contribution in [0.4, 0.5) is 0 Å². The molecule has 0 aliphatic heterocycles. The summed E-state index contributed by atoms with van der Waals surface area (Å²) in [7, 11) is 1.57. The molecule has 0 radical (unpaired) electrons. The summed E-state index contributed by atoms with van der Waals surface area (Å²) in [6, 6.07) is 7.60. The molecule has 1 aromatic carbocycles. The van der Waals surface area contributed by atoms with Crippen molar-refractivity contribution in [2.24, 2.45) is 0 Å². The third-order valence-electron chi connectivity index (χ3n) is 3.01. The summed E-state index contributed by atoms with van der Waals surface area (Å²) in [5.74, 6) is 1.22. The number of rotatable bonds is 5. The van der Waals surface area contributed by atoms with Gasteiger partial charge in [0, 0.05) is 16.8 Å². The van der Waals surface area contributed by atoms with E-state index in [4.69, 9.17) is 16.3 Å². The highest BCUT2D eigenvalue weighted by Gasteiger charge is 2.11. The molecule has 0 aliphatic rings. The lowest BCUT2D eigenvalue weighted by molar-refractivity contribution is 0.392. The quantitative estimate of drug-likeness (QED) is 0.667. The molecule has 2 aromatic rings. The van der Waals surface area contributed by atoms with E-state index in [0.29, 0.717) is 17.1 Å². The molecule has 1 aromatic heterocycles. The monoisotopic (exact) mass is 265 g/mol. The van der Waals surface area contributed by atoms with Crippen molar-refractivity contribution in [3.05, 3.63) is 40.2 Å². The Morgan fingerprint density at radius 2 is 1.94 bits per heavy atom. The fourth-order valence-electron chi connectivity index (χ4n) is 2.13. The molecule has 0 aliphatic carbocycles. The van der Waals surface area contributed by atoms with Crippen molar-refractivity contribution in [2.75, 3.05) is 13.0 Å². The summed E-state index contributed by atoms with van der Waals surface area (Å²) in [4.78, 5) is 14.7. The summed E-state index contributed by atoms with van der Waals surface area (Å²) in [6.45, 7) is 0. The van der Waals surface area contributed by atoms with Gasteiger partial charge in [0.15, 0.2) is 5.88 Å². The molecule has 0 fully saturated rings. The first-order valence-corrected chi connectivity index (χ1v) is 6.55. The number of aryl methyl sites for hydroxylation is 1. The Morgan fingerprint density at radius 1 is 1.22 bits per heavy atom. The topological polar surface area (TPSA) is 42.1 Å². The first kappa shape index (κ1) is 13.0. The lowest BCUT2D eigenvalue weighted by atomic mass is 10.0. The van der Waals surface area contributed by atoms with Crippen molar-refractivity contribution in [2.45, 2.75) is 19.3 Å². The van der Waals surface area contributed by atoms with Crippen LogP contribution in [0.15, 0.2) is 29.1 Å². The van der Waals surface area contributed by atoms with Gasteiger partial charge in [-0.3, -0.25) is 9.78 Å². The number of ether oxygens (including phenoxy) is 1. The van der Waals surface area contributed by atoms with Gasteiger partial charge >= 0.3 is 0 Å². The summed E-state index contributed by atoms with van der Waals surface area (Å²) in [5.41, 5.74) is 0.946. The average Bonchev–Trinajstić information content (AvgIpc) is 2.41. The average molecular weight is 266 g/mol. The molecular weight excluding hydrogens is 250 g/mol. The van der Waals surface area contributed by atoms with E-state index in [1.54, 1.807) is 7.11 Å². The Balaban J connectivity index is 2.53. The Kier molecular flexibility index (Phi) is 4.26. The molecule has 18 heavy (non-hydrogen) atoms. The van der Waals surface area contributed by atoms with E-state index in [1.807, 2.05) is 24.3 Å². The van der Waals surface area contributed by atoms with E-state index in [0.717, 1.165) is 30.2 Å². The zero-order valence-electron chi connectivity index (χ0n) is 10.3. The summed E-state index contributed by atoms with van der Waals surface area (Å²) >= 11 is 5.70. The van der Waals surface area contributed by atoms with Crippen LogP contribution in [0.1, 0.15) is 18.4 Å². The standard InChI is InChI=1S/C14H16ClNO2/c1-18-14-12(8-4-5-9-15)10-6-2-3-7-11(10)13(17)16-14/h2-3,6-7H,4-5,8-9H2,1H3,(H,16,17). The van der Waals surface area contributed by atoms with Crippen LogP contribution in [-0.4, -0.2) is 18.0 Å². The normalized spacial score (nSPS) is 10.8. The van der Waals surface area contributed by atoms with Crippen molar-refractivity contribution in [1.29, 1.82) is 0 Å². The Labute approximate surface area is 111 Å². The van der Waals surface area contributed by atoms with E-state index in [1.165, 1.54) is 0 Å². The predicted octanol–water partition coefficient (Wildman–Crippen LogP) is 3.10. The number of nitrogens with one attached hydrogen (secondary N) is 1. The fourth-order valence-corrected chi connectivity index (χ4v) is 2.32. The third kappa shape index (κ3) is 2.51. The van der Waals surface area contributed by atoms with Gasteiger partial charge in [0.05, 0.1) is 7.11 Å². The molecule has 3 nitrogen and oxygen atoms in total. The van der Waals surface area contributed by atoms with Crippen LogP contribution >= 0.6 is 11.6 Å². The molecule has 0 saturated carbocycles. The smallest absolute Gasteiger partial charge is 0.258 e. The first-order chi connectivity index (χ1) is 8.77. The Bertz CT molecular complexity index is 592. The summed E-state index contributed by atoms with van der Waals surface area (Å²) in [6.07, 6.45) is 2.79. The number of unbranched alkanes of at least 4 members (excludes halogenated alkanes) is 1. The van der Waals surface area contributed by atoms with Gasteiger partial charge in [0.25, 0.3) is 5.56 Å². The molecule has 1 N–H and O–H groups in total. The second-order valence-electron chi connectivity index (χ2n) is 4.16. The predicted molar refractivity (Wildman–Crippen MR) is 74.8 cm³/mol. The third-order valence-corrected chi connectivity index (χ3v) is 3.28. The maximum atomic E-state index is 11.9. The number of hydrogen-bond donors (Lipinski definition) is 1. The van der Waals surface area contributed by atoms with Crippen molar-refractivity contribution >= 4 is 22.4 Å². The number of methoxy groups -OCH3 is 1. The lowest BCUT2D eigenvalue weighted by Crippen LogP contribution is -2.10. The van der Waals surface area contributed by atoms with Gasteiger partial charge in [0.2, 0.25) is 0 Å². The van der Waals surface area contributed by atoms with Crippen LogP contribution in [0, 0.1) is 0 Å². The lowest BCUT2D eigenvalue weighted by Gasteiger charge is -2.11. The van der Waals surface area contributed by atoms with Crippen LogP contribution in [-0.2, 0) is 6.42 Å². The molecule has 4 heteroatoms. The number of H-pyrrole nitrogens is 1. The Hall–Kier alpha value is -1.48. The molecule has 0 bridgehead atoms. The highest BCUT2D eigenvalue weighted by atomic mass is 35.5. The molecule has 1 heterocycles. The number of aromatic nitrogens is 1. The van der Waals surface area contributed by atoms with E-state index in [2.05, 4.69) is 4.98 Å². The number of benzene rings is 1. The van der Waals surface area contributed by atoms with Gasteiger partial charge in [0.1, 0.15) is 0 Å². The van der Waals surface area contributed by atoms with Crippen LogP contribution in [0.3, 0.4) is 0 Å². The van der Waals surface area contributed by atoms with Gasteiger partial charge in [-0.2, -0.15) is 0 Å². The summed E-state index contributed by atoms with van der Waals surface area (Å²) < 4.78 is 5.28. The molecule has 2 rings (SSSR count). The molecule has 0 atom stereocenters. The number of alkyl halides is 1. The van der Waals surface area contributed by atoms with Gasteiger partial charge in [-0.1, -0.05) is 18.2 Å². The van der Waals surface area contributed by atoms with E-state index >= 15 is 0 Å². The van der Waals surface area contributed by atoms with E-state index in [9.17, 15) is 4.79 Å². The van der Waals surface area contributed by atoms with Crippen molar-refractivity contribution in [1.82, 2.24) is 4.98 Å². The maximum absolute atomic E-state index is 11.9. The SMILES string of the molecule is COc1[nH]c(=O)c2ccccc2c1CCCCCl. The minimum Gasteiger partial charge on any atom is -0.482 e. The van der Waals surface area contributed by atoms with Crippen LogP contribution < -0.4 is 10.3 Å². The molecule has 0 unspecified atom stereocenters. The maximum Gasteiger partial charge on any atom is 0.258 e. The zero-order valence-corrected chi connectivity index (χ0v) is 11.1. The highest BCUT2D eigenvalue weighted by molar-refractivity contribution is 6.17. The van der Waals surface area contributed by atoms with Gasteiger partial charge in [-0.25, -0.2) is 0 Å². The largest absolute Gasteiger partial charge is 0.482 e. The molecule has 96 valence electrons. The van der Waals surface area contributed by atoms with Crippen molar-refractivity contribution in [3.63, 3.8) is 0 Å². The Morgan fingerprint density at radius 3 is 2.61 bits per heavy atom. The number of halogens is 1. The molecule has 0 saturated heterocycles. The molecule has 0 amide bonds. The van der Waals surface area contributed by atoms with E-state index < -0.39 is 0 Å². The minimum absolute atomic E-state index is 0.108. The van der Waals surface area contributed by atoms with Crippen LogP contribution in [0.5, 0.6) is 5.88 Å². The number of hydrogen-bond acceptors (Lipinski definition) is 2. The zero-order chi connectivity index (χ0) is 13.0.